The molecule has 6 nitrogen and oxygen atoms in total. The third-order valence-electron chi connectivity index (χ3n) is 6.36. The smallest absolute Gasteiger partial charge is 0.261 e. The number of carbonyl (C=O) groups excluding carboxylic acids is 3. The molecule has 0 spiro atoms. The quantitative estimate of drug-likeness (QED) is 0.173. The molecule has 1 heterocycles. The summed E-state index contributed by atoms with van der Waals surface area (Å²) in [6.07, 6.45) is 0.555. The first-order valence-corrected chi connectivity index (χ1v) is 11.6. The number of rotatable bonds is 7. The van der Waals surface area contributed by atoms with Gasteiger partial charge in [-0.2, -0.15) is 0 Å². The number of aryl methyl sites for hydroxylation is 1. The molecule has 0 aliphatic carbocycles. The summed E-state index contributed by atoms with van der Waals surface area (Å²) in [6.45, 7) is 2.78. The van der Waals surface area contributed by atoms with Gasteiger partial charge in [0.15, 0.2) is 5.78 Å². The van der Waals surface area contributed by atoms with E-state index in [-0.39, 0.29) is 17.6 Å². The van der Waals surface area contributed by atoms with Crippen LogP contribution >= 0.6 is 0 Å². The molecule has 174 valence electrons. The summed E-state index contributed by atoms with van der Waals surface area (Å²) in [5, 5.41) is 4.87. The highest BCUT2D eigenvalue weighted by atomic mass is 16.2. The molecule has 6 heteroatoms. The molecule has 1 aliphatic rings. The summed E-state index contributed by atoms with van der Waals surface area (Å²) in [5.41, 5.74) is 10.7. The van der Waals surface area contributed by atoms with Crippen LogP contribution in [0.3, 0.4) is 0 Å². The van der Waals surface area contributed by atoms with Gasteiger partial charge in [-0.05, 0) is 49.1 Å². The minimum absolute atomic E-state index is 0.0827. The summed E-state index contributed by atoms with van der Waals surface area (Å²) in [4.78, 5) is 40.0. The van der Waals surface area contributed by atoms with Crippen molar-refractivity contribution in [1.82, 2.24) is 4.90 Å². The van der Waals surface area contributed by atoms with Crippen molar-refractivity contribution >= 4 is 39.7 Å². The fourth-order valence-electron chi connectivity index (χ4n) is 4.48. The fourth-order valence-corrected chi connectivity index (χ4v) is 4.48. The van der Waals surface area contributed by atoms with E-state index in [1.165, 1.54) is 4.90 Å². The van der Waals surface area contributed by atoms with E-state index in [1.54, 1.807) is 30.3 Å². The maximum Gasteiger partial charge on any atom is 0.261 e. The molecular weight excluding hydrogens is 438 g/mol. The van der Waals surface area contributed by atoms with E-state index in [2.05, 4.69) is 5.32 Å². The number of ketones is 1. The average molecular weight is 464 g/mol. The second-order valence-electron chi connectivity index (χ2n) is 8.75. The van der Waals surface area contributed by atoms with Crippen molar-refractivity contribution in [2.24, 2.45) is 0 Å². The van der Waals surface area contributed by atoms with Gasteiger partial charge in [-0.3, -0.25) is 19.3 Å². The van der Waals surface area contributed by atoms with Gasteiger partial charge in [0.2, 0.25) is 0 Å². The molecule has 5 rings (SSSR count). The van der Waals surface area contributed by atoms with Crippen LogP contribution in [0.1, 0.15) is 48.6 Å². The van der Waals surface area contributed by atoms with E-state index in [0.717, 1.165) is 16.3 Å². The van der Waals surface area contributed by atoms with Crippen molar-refractivity contribution in [1.29, 1.82) is 0 Å². The number of benzene rings is 4. The van der Waals surface area contributed by atoms with Crippen LogP contribution in [0.15, 0.2) is 78.9 Å². The molecule has 0 aromatic heterocycles. The van der Waals surface area contributed by atoms with Crippen molar-refractivity contribution in [2.75, 3.05) is 24.1 Å². The van der Waals surface area contributed by atoms with Crippen LogP contribution < -0.4 is 11.1 Å². The van der Waals surface area contributed by atoms with Crippen LogP contribution in [0.2, 0.25) is 0 Å². The highest BCUT2D eigenvalue weighted by molar-refractivity contribution is 6.25. The fraction of sp³-hybridized carbons (Fsp3) is 0.138. The minimum atomic E-state index is -0.266. The Labute approximate surface area is 203 Å². The summed E-state index contributed by atoms with van der Waals surface area (Å²) in [6, 6.07) is 23.7. The Kier molecular flexibility index (Phi) is 5.79. The van der Waals surface area contributed by atoms with E-state index < -0.39 is 0 Å². The number of carbonyl (C=O) groups is 3. The lowest BCUT2D eigenvalue weighted by molar-refractivity contribution is 0.0610. The molecule has 0 bridgehead atoms. The lowest BCUT2D eigenvalue weighted by Crippen LogP contribution is -2.41. The molecular formula is C29H25N3O3. The zero-order valence-electron chi connectivity index (χ0n) is 19.4. The van der Waals surface area contributed by atoms with Gasteiger partial charge in [0, 0.05) is 40.7 Å². The second kappa shape index (κ2) is 9.06. The standard InChI is InChI=1S/C29H25N3O3/c1-18-9-11-20(12-10-18)27(33)21-13-14-25(24(30)17-21)31-15-4-16-32-28(34)22-7-2-5-19-6-3-8-23(26(19)22)29(32)35/h2-3,5-14,17,31H,4,15-16,30H2,1H3. The van der Waals surface area contributed by atoms with Gasteiger partial charge >= 0.3 is 0 Å². The zero-order valence-corrected chi connectivity index (χ0v) is 19.4. The lowest BCUT2D eigenvalue weighted by atomic mass is 9.94. The molecule has 0 saturated heterocycles. The molecule has 0 unspecified atom stereocenters. The lowest BCUT2D eigenvalue weighted by Gasteiger charge is -2.27. The van der Waals surface area contributed by atoms with Crippen LogP contribution in [-0.4, -0.2) is 35.6 Å². The molecule has 0 radical (unpaired) electrons. The van der Waals surface area contributed by atoms with Crippen molar-refractivity contribution in [3.8, 4) is 0 Å². The topological polar surface area (TPSA) is 92.5 Å². The normalized spacial score (nSPS) is 12.8. The third-order valence-corrected chi connectivity index (χ3v) is 6.36. The van der Waals surface area contributed by atoms with Crippen LogP contribution in [0.25, 0.3) is 10.8 Å². The van der Waals surface area contributed by atoms with Gasteiger partial charge in [0.05, 0.1) is 11.4 Å². The van der Waals surface area contributed by atoms with Crippen molar-refractivity contribution in [2.45, 2.75) is 13.3 Å². The summed E-state index contributed by atoms with van der Waals surface area (Å²) < 4.78 is 0. The van der Waals surface area contributed by atoms with Gasteiger partial charge < -0.3 is 11.1 Å². The maximum absolute atomic E-state index is 13.0. The number of hydrogen-bond acceptors (Lipinski definition) is 5. The molecule has 0 atom stereocenters. The van der Waals surface area contributed by atoms with Crippen molar-refractivity contribution in [3.05, 3.63) is 107 Å². The molecule has 4 aromatic rings. The molecule has 2 amide bonds. The number of nitrogens with two attached hydrogens (primary N) is 1. The molecule has 1 aliphatic heterocycles. The number of hydrogen-bond donors (Lipinski definition) is 2. The maximum atomic E-state index is 13.0. The first-order chi connectivity index (χ1) is 16.9. The zero-order chi connectivity index (χ0) is 24.5. The van der Waals surface area contributed by atoms with E-state index in [9.17, 15) is 14.4 Å². The Balaban J connectivity index is 1.22. The Hall–Kier alpha value is -4.45. The summed E-state index contributed by atoms with van der Waals surface area (Å²) in [7, 11) is 0. The van der Waals surface area contributed by atoms with Gasteiger partial charge in [-0.15, -0.1) is 0 Å². The van der Waals surface area contributed by atoms with E-state index in [0.29, 0.717) is 53.1 Å². The van der Waals surface area contributed by atoms with Gasteiger partial charge in [-0.1, -0.05) is 54.1 Å². The number of nitrogen functional groups attached to an aromatic ring is 1. The average Bonchev–Trinajstić information content (AvgIpc) is 2.87. The number of nitrogens with one attached hydrogen (secondary N) is 1. The summed E-state index contributed by atoms with van der Waals surface area (Å²) in [5.74, 6) is -0.615. The largest absolute Gasteiger partial charge is 0.397 e. The minimum Gasteiger partial charge on any atom is -0.397 e. The Morgan fingerprint density at radius 1 is 0.857 bits per heavy atom. The van der Waals surface area contributed by atoms with E-state index in [4.69, 9.17) is 5.73 Å². The third kappa shape index (κ3) is 4.15. The van der Waals surface area contributed by atoms with E-state index >= 15 is 0 Å². The van der Waals surface area contributed by atoms with Gasteiger partial charge in [0.25, 0.3) is 11.8 Å². The summed E-state index contributed by atoms with van der Waals surface area (Å²) >= 11 is 0. The van der Waals surface area contributed by atoms with Gasteiger partial charge in [0.1, 0.15) is 0 Å². The predicted molar refractivity (Wildman–Crippen MR) is 138 cm³/mol. The van der Waals surface area contributed by atoms with Crippen LogP contribution in [0, 0.1) is 6.92 Å². The highest BCUT2D eigenvalue weighted by Crippen LogP contribution is 2.30. The van der Waals surface area contributed by atoms with Crippen LogP contribution in [-0.2, 0) is 0 Å². The van der Waals surface area contributed by atoms with Gasteiger partial charge in [-0.25, -0.2) is 0 Å². The number of amides is 2. The first-order valence-electron chi connectivity index (χ1n) is 11.6. The molecule has 35 heavy (non-hydrogen) atoms. The molecule has 0 fully saturated rings. The van der Waals surface area contributed by atoms with Crippen molar-refractivity contribution < 1.29 is 14.4 Å². The second-order valence-corrected chi connectivity index (χ2v) is 8.75. The van der Waals surface area contributed by atoms with E-state index in [1.807, 2.05) is 55.5 Å². The Morgan fingerprint density at radius 2 is 1.49 bits per heavy atom. The Bertz CT molecular complexity index is 1420. The number of imide groups is 1. The Morgan fingerprint density at radius 3 is 2.11 bits per heavy atom. The molecule has 3 N–H and O–H groups in total. The SMILES string of the molecule is Cc1ccc(C(=O)c2ccc(NCCCN3C(=O)c4cccc5cccc(c45)C3=O)c(N)c2)cc1. The number of nitrogens with zero attached hydrogens (tertiary/aromatic N) is 1. The predicted octanol–water partition coefficient (Wildman–Crippen LogP) is 5.06. The molecule has 4 aromatic carbocycles. The molecule has 0 saturated carbocycles. The first kappa shape index (κ1) is 22.3. The highest BCUT2D eigenvalue weighted by Gasteiger charge is 2.32. The van der Waals surface area contributed by atoms with Crippen molar-refractivity contribution in [3.63, 3.8) is 0 Å². The van der Waals surface area contributed by atoms with Crippen LogP contribution in [0.4, 0.5) is 11.4 Å². The number of anilines is 2. The monoisotopic (exact) mass is 463 g/mol. The van der Waals surface area contributed by atoms with Crippen LogP contribution in [0.5, 0.6) is 0 Å².